The summed E-state index contributed by atoms with van der Waals surface area (Å²) in [5, 5.41) is 4.80. The van der Waals surface area contributed by atoms with E-state index in [-0.39, 0.29) is 0 Å². The normalized spacial score (nSPS) is 11.6. The molecule has 0 spiro atoms. The van der Waals surface area contributed by atoms with E-state index in [1.165, 1.54) is 22.2 Å². The first kappa shape index (κ1) is 13.5. The van der Waals surface area contributed by atoms with Crippen molar-refractivity contribution in [3.63, 3.8) is 0 Å². The monoisotopic (exact) mass is 262 g/mol. The Morgan fingerprint density at radius 2 is 2.11 bits per heavy atom. The number of thioether (sulfide) groups is 1. The fraction of sp³-hybridized carbons (Fsp3) is 0.467. The van der Waals surface area contributed by atoms with E-state index in [1.54, 1.807) is 0 Å². The molecule has 0 amide bonds. The first-order valence-corrected chi connectivity index (χ1v) is 7.90. The minimum Gasteiger partial charge on any atom is -0.347 e. The molecule has 0 aliphatic heterocycles. The van der Waals surface area contributed by atoms with Crippen LogP contribution in [-0.2, 0) is 13.1 Å². The summed E-state index contributed by atoms with van der Waals surface area (Å²) in [7, 11) is 0. The van der Waals surface area contributed by atoms with Gasteiger partial charge in [0.15, 0.2) is 0 Å². The van der Waals surface area contributed by atoms with Gasteiger partial charge in [0.25, 0.3) is 0 Å². The van der Waals surface area contributed by atoms with E-state index in [4.69, 9.17) is 0 Å². The van der Waals surface area contributed by atoms with E-state index in [0.717, 1.165) is 13.1 Å². The number of nitrogens with zero attached hydrogens (tertiary/aromatic N) is 1. The second-order valence-corrected chi connectivity index (χ2v) is 5.92. The van der Waals surface area contributed by atoms with Gasteiger partial charge in [0.05, 0.1) is 0 Å². The molecule has 0 bridgehead atoms. The van der Waals surface area contributed by atoms with Gasteiger partial charge < -0.3 is 9.88 Å². The Kier molecular flexibility index (Phi) is 4.72. The third kappa shape index (κ3) is 3.30. The van der Waals surface area contributed by atoms with Crippen molar-refractivity contribution in [2.24, 2.45) is 0 Å². The fourth-order valence-electron chi connectivity index (χ4n) is 2.07. The number of nitrogens with one attached hydrogen (secondary N) is 1. The van der Waals surface area contributed by atoms with Crippen molar-refractivity contribution >= 4 is 22.7 Å². The zero-order valence-electron chi connectivity index (χ0n) is 11.4. The molecule has 18 heavy (non-hydrogen) atoms. The maximum Gasteiger partial charge on any atom is 0.0480 e. The highest BCUT2D eigenvalue weighted by atomic mass is 32.2. The lowest BCUT2D eigenvalue weighted by atomic mass is 10.1. The Morgan fingerprint density at radius 1 is 1.28 bits per heavy atom. The average Bonchev–Trinajstić information content (AvgIpc) is 2.76. The summed E-state index contributed by atoms with van der Waals surface area (Å²) in [5.41, 5.74) is 2.70. The molecular formula is C15H22N2S. The van der Waals surface area contributed by atoms with E-state index in [0.29, 0.717) is 6.04 Å². The highest BCUT2D eigenvalue weighted by Crippen LogP contribution is 2.18. The van der Waals surface area contributed by atoms with Gasteiger partial charge >= 0.3 is 0 Å². The van der Waals surface area contributed by atoms with Crippen LogP contribution in [0, 0.1) is 0 Å². The minimum atomic E-state index is 0.534. The Balaban J connectivity index is 2.14. The van der Waals surface area contributed by atoms with E-state index < -0.39 is 0 Å². The largest absolute Gasteiger partial charge is 0.347 e. The number of rotatable bonds is 6. The lowest BCUT2D eigenvalue weighted by molar-refractivity contribution is 0.589. The predicted molar refractivity (Wildman–Crippen MR) is 82.3 cm³/mol. The molecule has 98 valence electrons. The van der Waals surface area contributed by atoms with Crippen LogP contribution >= 0.6 is 11.8 Å². The second kappa shape index (κ2) is 6.30. The van der Waals surface area contributed by atoms with Crippen molar-refractivity contribution in [1.82, 2.24) is 9.88 Å². The number of hydrogen-bond acceptors (Lipinski definition) is 2. The average molecular weight is 262 g/mol. The summed E-state index contributed by atoms with van der Waals surface area (Å²) < 4.78 is 2.34. The lowest BCUT2D eigenvalue weighted by Gasteiger charge is -2.09. The Labute approximate surface area is 114 Å². The quantitative estimate of drug-likeness (QED) is 0.858. The zero-order valence-corrected chi connectivity index (χ0v) is 12.3. The smallest absolute Gasteiger partial charge is 0.0480 e. The van der Waals surface area contributed by atoms with E-state index in [9.17, 15) is 0 Å². The molecule has 3 heteroatoms. The molecule has 0 atom stereocenters. The molecule has 0 saturated heterocycles. The number of fused-ring (bicyclic) bond motifs is 1. The molecule has 2 nitrogen and oxygen atoms in total. The van der Waals surface area contributed by atoms with E-state index in [1.807, 2.05) is 11.8 Å². The zero-order chi connectivity index (χ0) is 13.0. The molecule has 0 aliphatic carbocycles. The number of aryl methyl sites for hydroxylation is 1. The maximum atomic E-state index is 3.46. The fourth-order valence-corrected chi connectivity index (χ4v) is 2.45. The molecule has 0 radical (unpaired) electrons. The van der Waals surface area contributed by atoms with Gasteiger partial charge in [-0.25, -0.2) is 0 Å². The highest BCUT2D eigenvalue weighted by Gasteiger charge is 2.02. The lowest BCUT2D eigenvalue weighted by Crippen LogP contribution is -2.21. The van der Waals surface area contributed by atoms with Gasteiger partial charge in [-0.2, -0.15) is 11.8 Å². The van der Waals surface area contributed by atoms with Crippen LogP contribution in [-0.4, -0.2) is 22.6 Å². The first-order chi connectivity index (χ1) is 8.70. The van der Waals surface area contributed by atoms with Crippen molar-refractivity contribution in [1.29, 1.82) is 0 Å². The number of benzene rings is 1. The summed E-state index contributed by atoms with van der Waals surface area (Å²) >= 11 is 1.89. The Hall–Kier alpha value is -0.930. The molecule has 2 aromatic rings. The number of hydrogen-bond donors (Lipinski definition) is 1. The molecule has 1 N–H and O–H groups in total. The summed E-state index contributed by atoms with van der Waals surface area (Å²) in [6, 6.07) is 9.52. The topological polar surface area (TPSA) is 17.0 Å². The van der Waals surface area contributed by atoms with E-state index >= 15 is 0 Å². The van der Waals surface area contributed by atoms with Crippen LogP contribution in [0.2, 0.25) is 0 Å². The first-order valence-electron chi connectivity index (χ1n) is 6.51. The minimum absolute atomic E-state index is 0.534. The van der Waals surface area contributed by atoms with E-state index in [2.05, 4.69) is 60.4 Å². The Morgan fingerprint density at radius 3 is 2.83 bits per heavy atom. The van der Waals surface area contributed by atoms with Crippen LogP contribution in [0.3, 0.4) is 0 Å². The molecule has 0 saturated carbocycles. The summed E-state index contributed by atoms with van der Waals surface area (Å²) in [4.78, 5) is 0. The van der Waals surface area contributed by atoms with Crippen molar-refractivity contribution in [2.45, 2.75) is 33.0 Å². The van der Waals surface area contributed by atoms with Crippen LogP contribution in [0.1, 0.15) is 19.4 Å². The van der Waals surface area contributed by atoms with Crippen LogP contribution < -0.4 is 5.32 Å². The molecule has 1 heterocycles. The maximum absolute atomic E-state index is 3.46. The standard InChI is InChI=1S/C15H22N2S/c1-12(2)16-11-13-4-5-15-14(10-13)6-7-17(15)8-9-18-3/h4-7,10,12,16H,8-9,11H2,1-3H3. The highest BCUT2D eigenvalue weighted by molar-refractivity contribution is 7.98. The van der Waals surface area contributed by atoms with Crippen molar-refractivity contribution in [3.05, 3.63) is 36.0 Å². The molecule has 0 unspecified atom stereocenters. The molecule has 1 aromatic heterocycles. The van der Waals surface area contributed by atoms with Crippen LogP contribution in [0.15, 0.2) is 30.5 Å². The molecule has 2 rings (SSSR count). The predicted octanol–water partition coefficient (Wildman–Crippen LogP) is 3.50. The number of aromatic nitrogens is 1. The third-order valence-corrected chi connectivity index (χ3v) is 3.68. The van der Waals surface area contributed by atoms with Crippen LogP contribution in [0.25, 0.3) is 10.9 Å². The molecule has 0 fully saturated rings. The van der Waals surface area contributed by atoms with Gasteiger partial charge in [-0.3, -0.25) is 0 Å². The SMILES string of the molecule is CSCCn1ccc2cc(CNC(C)C)ccc21. The van der Waals surface area contributed by atoms with Gasteiger partial charge in [-0.1, -0.05) is 19.9 Å². The van der Waals surface area contributed by atoms with Gasteiger partial charge in [0.2, 0.25) is 0 Å². The molecule has 0 aliphatic rings. The van der Waals surface area contributed by atoms with Gasteiger partial charge in [-0.05, 0) is 35.4 Å². The summed E-state index contributed by atoms with van der Waals surface area (Å²) in [6.07, 6.45) is 4.35. The van der Waals surface area contributed by atoms with Gasteiger partial charge in [0.1, 0.15) is 0 Å². The van der Waals surface area contributed by atoms with Crippen LogP contribution in [0.5, 0.6) is 0 Å². The van der Waals surface area contributed by atoms with Crippen molar-refractivity contribution < 1.29 is 0 Å². The second-order valence-electron chi connectivity index (χ2n) is 4.93. The summed E-state index contributed by atoms with van der Waals surface area (Å²) in [5.74, 6) is 1.17. The van der Waals surface area contributed by atoms with Crippen molar-refractivity contribution in [2.75, 3.05) is 12.0 Å². The Bertz CT molecular complexity index is 502. The third-order valence-electron chi connectivity index (χ3n) is 3.09. The van der Waals surface area contributed by atoms with Crippen LogP contribution in [0.4, 0.5) is 0 Å². The van der Waals surface area contributed by atoms with Gasteiger partial charge in [-0.15, -0.1) is 0 Å². The van der Waals surface area contributed by atoms with Gasteiger partial charge in [0, 0.05) is 36.6 Å². The molecular weight excluding hydrogens is 240 g/mol. The van der Waals surface area contributed by atoms with Crippen molar-refractivity contribution in [3.8, 4) is 0 Å². The summed E-state index contributed by atoms with van der Waals surface area (Å²) in [6.45, 7) is 6.40. The molecule has 1 aromatic carbocycles.